The zero-order valence-corrected chi connectivity index (χ0v) is 14.3. The van der Waals surface area contributed by atoms with Crippen LogP contribution in [-0.2, 0) is 20.7 Å². The van der Waals surface area contributed by atoms with Crippen LogP contribution < -0.4 is 16.0 Å². The summed E-state index contributed by atoms with van der Waals surface area (Å²) in [7, 11) is 1.64. The Kier molecular flexibility index (Phi) is 4.87. The lowest BCUT2D eigenvalue weighted by Crippen LogP contribution is -2.50. The molecule has 1 atom stereocenters. The first kappa shape index (κ1) is 16.9. The summed E-state index contributed by atoms with van der Waals surface area (Å²) in [5.74, 6) is 0.0700. The van der Waals surface area contributed by atoms with Crippen LogP contribution in [0.25, 0.3) is 0 Å². The van der Waals surface area contributed by atoms with E-state index in [1.54, 1.807) is 7.11 Å². The van der Waals surface area contributed by atoms with Crippen LogP contribution in [0.5, 0.6) is 0 Å². The van der Waals surface area contributed by atoms with Gasteiger partial charge in [0.1, 0.15) is 0 Å². The van der Waals surface area contributed by atoms with Crippen LogP contribution in [0, 0.1) is 5.41 Å². The molecule has 1 saturated heterocycles. The highest BCUT2D eigenvalue weighted by molar-refractivity contribution is 5.99. The van der Waals surface area contributed by atoms with Crippen molar-refractivity contribution < 1.29 is 14.3 Å². The number of carbonyl (C=O) groups is 2. The number of methoxy groups -OCH3 is 1. The van der Waals surface area contributed by atoms with Crippen molar-refractivity contribution in [1.82, 2.24) is 10.6 Å². The van der Waals surface area contributed by atoms with Crippen LogP contribution in [-0.4, -0.2) is 38.6 Å². The molecule has 0 aromatic heterocycles. The molecule has 0 bridgehead atoms. The van der Waals surface area contributed by atoms with Gasteiger partial charge < -0.3 is 20.7 Å². The van der Waals surface area contributed by atoms with Crippen molar-refractivity contribution in [2.45, 2.75) is 32.2 Å². The van der Waals surface area contributed by atoms with Crippen LogP contribution >= 0.6 is 0 Å². The van der Waals surface area contributed by atoms with E-state index in [1.165, 1.54) is 0 Å². The van der Waals surface area contributed by atoms with Gasteiger partial charge in [-0.15, -0.1) is 0 Å². The molecule has 3 rings (SSSR count). The van der Waals surface area contributed by atoms with Gasteiger partial charge in [0.15, 0.2) is 0 Å². The molecule has 2 heterocycles. The van der Waals surface area contributed by atoms with Crippen LogP contribution in [0.2, 0.25) is 0 Å². The van der Waals surface area contributed by atoms with E-state index in [2.05, 4.69) is 16.0 Å². The summed E-state index contributed by atoms with van der Waals surface area (Å²) in [5, 5.41) is 9.27. The maximum atomic E-state index is 12.9. The van der Waals surface area contributed by atoms with Crippen molar-refractivity contribution in [2.24, 2.45) is 5.41 Å². The number of ether oxygens (including phenoxy) is 1. The topological polar surface area (TPSA) is 79.5 Å². The Labute approximate surface area is 142 Å². The van der Waals surface area contributed by atoms with E-state index < -0.39 is 5.41 Å². The number of hydrogen-bond donors (Lipinski definition) is 3. The van der Waals surface area contributed by atoms with Crippen LogP contribution in [0.1, 0.15) is 36.9 Å². The number of nitrogens with one attached hydrogen (secondary N) is 3. The van der Waals surface area contributed by atoms with Gasteiger partial charge in [0.25, 0.3) is 0 Å². The third-order valence-corrected chi connectivity index (χ3v) is 5.06. The van der Waals surface area contributed by atoms with E-state index in [4.69, 9.17) is 4.74 Å². The van der Waals surface area contributed by atoms with Crippen molar-refractivity contribution in [1.29, 1.82) is 0 Å². The number of piperidine rings is 1. The molecule has 6 nitrogen and oxygen atoms in total. The van der Waals surface area contributed by atoms with Gasteiger partial charge in [-0.25, -0.2) is 0 Å². The van der Waals surface area contributed by atoms with Crippen molar-refractivity contribution >= 4 is 17.5 Å². The van der Waals surface area contributed by atoms with Gasteiger partial charge in [0.2, 0.25) is 11.8 Å². The third-order valence-electron chi connectivity index (χ3n) is 5.06. The molecule has 2 aliphatic rings. The fraction of sp³-hybridized carbons (Fsp3) is 0.556. The lowest BCUT2D eigenvalue weighted by molar-refractivity contribution is -0.136. The van der Waals surface area contributed by atoms with Crippen LogP contribution in [0.4, 0.5) is 5.69 Å². The van der Waals surface area contributed by atoms with E-state index >= 15 is 0 Å². The summed E-state index contributed by atoms with van der Waals surface area (Å²) in [6.07, 6.45) is 1.97. The Morgan fingerprint density at radius 2 is 2.12 bits per heavy atom. The number of carbonyl (C=O) groups excluding carboxylic acids is 2. The molecular formula is C18H25N3O3. The Bertz CT molecular complexity index is 633. The smallest absolute Gasteiger partial charge is 0.229 e. The monoisotopic (exact) mass is 331 g/mol. The molecule has 130 valence electrons. The predicted octanol–water partition coefficient (Wildman–Crippen LogP) is 1.37. The van der Waals surface area contributed by atoms with Gasteiger partial charge in [-0.3, -0.25) is 9.59 Å². The molecule has 0 aliphatic carbocycles. The summed E-state index contributed by atoms with van der Waals surface area (Å²) in [5.41, 5.74) is 2.42. The highest BCUT2D eigenvalue weighted by Crippen LogP contribution is 2.31. The van der Waals surface area contributed by atoms with Crippen molar-refractivity contribution in [3.8, 4) is 0 Å². The number of amides is 2. The zero-order valence-electron chi connectivity index (χ0n) is 14.3. The second-order valence-corrected chi connectivity index (χ2v) is 6.80. The second kappa shape index (κ2) is 6.91. The lowest BCUT2D eigenvalue weighted by atomic mass is 9.78. The molecule has 0 radical (unpaired) electrons. The first-order valence-corrected chi connectivity index (χ1v) is 8.47. The standard InChI is InChI=1S/C18H25N3O3/c1-12(13-3-4-15-14(9-13)10-16(22)21-15)20-17(23)18(11-24-2)5-7-19-8-6-18/h3-4,9,12,19H,5-8,10-11H2,1-2H3,(H,20,23)(H,21,22). The summed E-state index contributed by atoms with van der Waals surface area (Å²) >= 11 is 0. The van der Waals surface area contributed by atoms with Gasteiger partial charge in [-0.1, -0.05) is 12.1 Å². The minimum atomic E-state index is -0.456. The quantitative estimate of drug-likeness (QED) is 0.761. The average molecular weight is 331 g/mol. The normalized spacial score (nSPS) is 20.2. The minimum Gasteiger partial charge on any atom is -0.384 e. The molecular weight excluding hydrogens is 306 g/mol. The van der Waals surface area contributed by atoms with E-state index in [0.29, 0.717) is 13.0 Å². The summed E-state index contributed by atoms with van der Waals surface area (Å²) in [4.78, 5) is 24.4. The molecule has 1 aromatic rings. The maximum Gasteiger partial charge on any atom is 0.229 e. The largest absolute Gasteiger partial charge is 0.384 e. The molecule has 1 aromatic carbocycles. The Balaban J connectivity index is 1.71. The maximum absolute atomic E-state index is 12.9. The average Bonchev–Trinajstić information content (AvgIpc) is 2.95. The third kappa shape index (κ3) is 3.30. The van der Waals surface area contributed by atoms with Gasteiger partial charge in [0.05, 0.1) is 24.5 Å². The second-order valence-electron chi connectivity index (χ2n) is 6.80. The first-order chi connectivity index (χ1) is 11.5. The SMILES string of the molecule is COCC1(C(=O)NC(C)c2ccc3c(c2)CC(=O)N3)CCNCC1. The molecule has 2 aliphatic heterocycles. The number of benzene rings is 1. The van der Waals surface area contributed by atoms with Gasteiger partial charge >= 0.3 is 0 Å². The van der Waals surface area contributed by atoms with Crippen molar-refractivity contribution in [3.63, 3.8) is 0 Å². The van der Waals surface area contributed by atoms with E-state index in [9.17, 15) is 9.59 Å². The van der Waals surface area contributed by atoms with Gasteiger partial charge in [-0.2, -0.15) is 0 Å². The number of anilines is 1. The number of rotatable bonds is 5. The molecule has 24 heavy (non-hydrogen) atoms. The van der Waals surface area contributed by atoms with Gasteiger partial charge in [0, 0.05) is 12.8 Å². The molecule has 0 saturated carbocycles. The zero-order chi connectivity index (χ0) is 17.2. The van der Waals surface area contributed by atoms with E-state index in [-0.39, 0.29) is 17.9 Å². The first-order valence-electron chi connectivity index (χ1n) is 8.47. The minimum absolute atomic E-state index is 0.0209. The Morgan fingerprint density at radius 1 is 1.38 bits per heavy atom. The van der Waals surface area contributed by atoms with Crippen molar-refractivity contribution in [3.05, 3.63) is 29.3 Å². The molecule has 3 N–H and O–H groups in total. The fourth-order valence-corrected chi connectivity index (χ4v) is 3.57. The summed E-state index contributed by atoms with van der Waals surface area (Å²) < 4.78 is 5.33. The van der Waals surface area contributed by atoms with E-state index in [0.717, 1.165) is 42.7 Å². The number of hydrogen-bond acceptors (Lipinski definition) is 4. The van der Waals surface area contributed by atoms with Gasteiger partial charge in [-0.05, 0) is 50.0 Å². The molecule has 1 fully saturated rings. The van der Waals surface area contributed by atoms with Crippen LogP contribution in [0.15, 0.2) is 18.2 Å². The predicted molar refractivity (Wildman–Crippen MR) is 91.7 cm³/mol. The summed E-state index contributed by atoms with van der Waals surface area (Å²) in [6.45, 7) is 4.08. The van der Waals surface area contributed by atoms with Crippen LogP contribution in [0.3, 0.4) is 0 Å². The molecule has 6 heteroatoms. The highest BCUT2D eigenvalue weighted by atomic mass is 16.5. The van der Waals surface area contributed by atoms with Crippen molar-refractivity contribution in [2.75, 3.05) is 32.1 Å². The summed E-state index contributed by atoms with van der Waals surface area (Å²) in [6, 6.07) is 5.76. The molecule has 2 amide bonds. The number of fused-ring (bicyclic) bond motifs is 1. The Hall–Kier alpha value is -1.92. The van der Waals surface area contributed by atoms with E-state index in [1.807, 2.05) is 25.1 Å². The molecule has 1 unspecified atom stereocenters. The fourth-order valence-electron chi connectivity index (χ4n) is 3.57. The lowest BCUT2D eigenvalue weighted by Gasteiger charge is -2.36. The Morgan fingerprint density at radius 3 is 2.83 bits per heavy atom. The highest BCUT2D eigenvalue weighted by Gasteiger charge is 2.40. The molecule has 0 spiro atoms.